The fourth-order valence-corrected chi connectivity index (χ4v) is 2.53. The third-order valence-electron chi connectivity index (χ3n) is 3.42. The van der Waals surface area contributed by atoms with Gasteiger partial charge in [-0.2, -0.15) is 0 Å². The zero-order chi connectivity index (χ0) is 15.4. The summed E-state index contributed by atoms with van der Waals surface area (Å²) in [6.07, 6.45) is 0.372. The molecule has 112 valence electrons. The highest BCUT2D eigenvalue weighted by Gasteiger charge is 2.17. The number of nitrogens with one attached hydrogen (secondary N) is 1. The highest BCUT2D eigenvalue weighted by molar-refractivity contribution is 6.30. The van der Waals surface area contributed by atoms with Gasteiger partial charge in [0.2, 0.25) is 0 Å². The number of hydrogen-bond acceptors (Lipinski definition) is 1. The second-order valence-corrected chi connectivity index (χ2v) is 5.51. The molecule has 1 unspecified atom stereocenters. The maximum absolute atomic E-state index is 14.1. The van der Waals surface area contributed by atoms with Gasteiger partial charge in [-0.15, -0.1) is 0 Å². The molecule has 0 saturated heterocycles. The van der Waals surface area contributed by atoms with Crippen LogP contribution in [0.2, 0.25) is 5.02 Å². The second-order valence-electron chi connectivity index (χ2n) is 5.08. The van der Waals surface area contributed by atoms with Crippen molar-refractivity contribution in [2.75, 3.05) is 6.54 Å². The van der Waals surface area contributed by atoms with Gasteiger partial charge in [0.1, 0.15) is 11.6 Å². The topological polar surface area (TPSA) is 12.0 Å². The largest absolute Gasteiger partial charge is 0.310 e. The summed E-state index contributed by atoms with van der Waals surface area (Å²) in [4.78, 5) is 0. The lowest BCUT2D eigenvalue weighted by molar-refractivity contribution is 0.498. The van der Waals surface area contributed by atoms with Crippen LogP contribution >= 0.6 is 11.6 Å². The van der Waals surface area contributed by atoms with E-state index in [1.165, 1.54) is 12.1 Å². The van der Waals surface area contributed by atoms with E-state index in [0.717, 1.165) is 5.56 Å². The zero-order valence-electron chi connectivity index (χ0n) is 12.1. The minimum Gasteiger partial charge on any atom is -0.310 e. The van der Waals surface area contributed by atoms with E-state index >= 15 is 0 Å². The Morgan fingerprint density at radius 3 is 2.52 bits per heavy atom. The summed E-state index contributed by atoms with van der Waals surface area (Å²) in [6, 6.07) is 9.29. The van der Waals surface area contributed by atoms with E-state index < -0.39 is 0 Å². The number of benzene rings is 2. The van der Waals surface area contributed by atoms with Gasteiger partial charge in [0, 0.05) is 16.6 Å². The number of aryl methyl sites for hydroxylation is 1. The molecule has 2 rings (SSSR count). The Morgan fingerprint density at radius 2 is 1.86 bits per heavy atom. The maximum atomic E-state index is 14.1. The molecule has 2 aromatic carbocycles. The van der Waals surface area contributed by atoms with Crippen molar-refractivity contribution < 1.29 is 8.78 Å². The fourth-order valence-electron chi connectivity index (χ4n) is 2.38. The van der Waals surface area contributed by atoms with Crippen LogP contribution in [0.25, 0.3) is 0 Å². The van der Waals surface area contributed by atoms with Crippen molar-refractivity contribution >= 4 is 11.6 Å². The van der Waals surface area contributed by atoms with Crippen molar-refractivity contribution in [3.05, 3.63) is 69.7 Å². The van der Waals surface area contributed by atoms with E-state index in [4.69, 9.17) is 11.6 Å². The predicted octanol–water partition coefficient (Wildman–Crippen LogP) is 4.82. The first-order valence-electron chi connectivity index (χ1n) is 6.94. The Balaban J connectivity index is 2.32. The van der Waals surface area contributed by atoms with Crippen molar-refractivity contribution in [1.29, 1.82) is 0 Å². The maximum Gasteiger partial charge on any atom is 0.128 e. The smallest absolute Gasteiger partial charge is 0.128 e. The molecule has 0 amide bonds. The molecule has 0 aliphatic heterocycles. The summed E-state index contributed by atoms with van der Waals surface area (Å²) in [5.41, 5.74) is 2.06. The Labute approximate surface area is 128 Å². The van der Waals surface area contributed by atoms with Crippen molar-refractivity contribution in [2.45, 2.75) is 26.3 Å². The van der Waals surface area contributed by atoms with Gasteiger partial charge in [-0.25, -0.2) is 8.78 Å². The molecule has 0 spiro atoms. The van der Waals surface area contributed by atoms with Crippen molar-refractivity contribution in [2.24, 2.45) is 0 Å². The molecule has 0 radical (unpaired) electrons. The number of hydrogen-bond donors (Lipinski definition) is 1. The first-order chi connectivity index (χ1) is 10.0. The van der Waals surface area contributed by atoms with Crippen LogP contribution in [-0.2, 0) is 6.42 Å². The average Bonchev–Trinajstić information content (AvgIpc) is 2.44. The lowest BCUT2D eigenvalue weighted by Gasteiger charge is -2.20. The third kappa shape index (κ3) is 4.02. The van der Waals surface area contributed by atoms with Crippen molar-refractivity contribution in [3.63, 3.8) is 0 Å². The van der Waals surface area contributed by atoms with Crippen LogP contribution in [0.5, 0.6) is 0 Å². The lowest BCUT2D eigenvalue weighted by atomic mass is 9.96. The van der Waals surface area contributed by atoms with Gasteiger partial charge < -0.3 is 5.32 Å². The Bertz CT molecular complexity index is 628. The molecule has 0 aliphatic rings. The van der Waals surface area contributed by atoms with E-state index in [1.807, 2.05) is 13.8 Å². The molecule has 4 heteroatoms. The van der Waals surface area contributed by atoms with E-state index in [-0.39, 0.29) is 17.7 Å². The first kappa shape index (κ1) is 15.9. The van der Waals surface area contributed by atoms with Crippen LogP contribution < -0.4 is 5.32 Å². The predicted molar refractivity (Wildman–Crippen MR) is 82.7 cm³/mol. The summed E-state index contributed by atoms with van der Waals surface area (Å²) >= 11 is 5.76. The highest BCUT2D eigenvalue weighted by atomic mass is 35.5. The van der Waals surface area contributed by atoms with Gasteiger partial charge in [0.15, 0.2) is 0 Å². The Hall–Kier alpha value is -1.45. The molecule has 0 bridgehead atoms. The lowest BCUT2D eigenvalue weighted by Crippen LogP contribution is -2.24. The van der Waals surface area contributed by atoms with Gasteiger partial charge in [-0.3, -0.25) is 0 Å². The minimum absolute atomic E-state index is 0.273. The minimum atomic E-state index is -0.363. The van der Waals surface area contributed by atoms with E-state index in [9.17, 15) is 8.78 Å². The van der Waals surface area contributed by atoms with Gasteiger partial charge >= 0.3 is 0 Å². The number of halogens is 3. The molecule has 1 N–H and O–H groups in total. The van der Waals surface area contributed by atoms with Crippen LogP contribution in [0.3, 0.4) is 0 Å². The van der Waals surface area contributed by atoms with E-state index in [1.54, 1.807) is 24.3 Å². The first-order valence-corrected chi connectivity index (χ1v) is 7.32. The summed E-state index contributed by atoms with van der Waals surface area (Å²) < 4.78 is 28.0. The molecule has 1 nitrogen and oxygen atoms in total. The van der Waals surface area contributed by atoms with Crippen LogP contribution in [0.15, 0.2) is 36.4 Å². The van der Waals surface area contributed by atoms with E-state index in [2.05, 4.69) is 5.32 Å². The molecule has 0 fully saturated rings. The Morgan fingerprint density at radius 1 is 1.10 bits per heavy atom. The van der Waals surface area contributed by atoms with Crippen molar-refractivity contribution in [1.82, 2.24) is 5.32 Å². The van der Waals surface area contributed by atoms with Crippen LogP contribution in [0.1, 0.15) is 29.7 Å². The molecular formula is C17H18ClF2N. The standard InChI is InChI=1S/C17H18ClF2N/c1-3-21-17(14-8-11(2)4-7-15(14)19)9-12-5-6-13(18)10-16(12)20/h4-8,10,17,21H,3,9H2,1-2H3. The van der Waals surface area contributed by atoms with Crippen molar-refractivity contribution in [3.8, 4) is 0 Å². The summed E-state index contributed by atoms with van der Waals surface area (Å²) in [6.45, 7) is 4.53. The zero-order valence-corrected chi connectivity index (χ0v) is 12.8. The monoisotopic (exact) mass is 309 g/mol. The van der Waals surface area contributed by atoms with Gasteiger partial charge in [-0.1, -0.05) is 42.3 Å². The molecular weight excluding hydrogens is 292 g/mol. The van der Waals surface area contributed by atoms with Crippen LogP contribution in [-0.4, -0.2) is 6.54 Å². The second kappa shape index (κ2) is 7.01. The molecule has 21 heavy (non-hydrogen) atoms. The summed E-state index contributed by atoms with van der Waals surface area (Å²) in [5, 5.41) is 3.58. The summed E-state index contributed by atoms with van der Waals surface area (Å²) in [7, 11) is 0. The SMILES string of the molecule is CCNC(Cc1ccc(Cl)cc1F)c1cc(C)ccc1F. The molecule has 0 heterocycles. The number of rotatable bonds is 5. The summed E-state index contributed by atoms with van der Waals surface area (Å²) in [5.74, 6) is -0.639. The molecule has 1 atom stereocenters. The van der Waals surface area contributed by atoms with Gasteiger partial charge in [-0.05, 0) is 43.7 Å². The van der Waals surface area contributed by atoms with Gasteiger partial charge in [0.25, 0.3) is 0 Å². The van der Waals surface area contributed by atoms with E-state index in [0.29, 0.717) is 29.1 Å². The quantitative estimate of drug-likeness (QED) is 0.835. The molecule has 0 saturated carbocycles. The molecule has 0 aliphatic carbocycles. The van der Waals surface area contributed by atoms with Gasteiger partial charge in [0.05, 0.1) is 0 Å². The fraction of sp³-hybridized carbons (Fsp3) is 0.294. The normalized spacial score (nSPS) is 12.4. The Kier molecular flexibility index (Phi) is 5.32. The number of likely N-dealkylation sites (N-methyl/N-ethyl adjacent to an activating group) is 1. The average molecular weight is 310 g/mol. The molecule has 0 aromatic heterocycles. The molecule has 2 aromatic rings. The third-order valence-corrected chi connectivity index (χ3v) is 3.65. The van der Waals surface area contributed by atoms with Crippen LogP contribution in [0, 0.1) is 18.6 Å². The highest BCUT2D eigenvalue weighted by Crippen LogP contribution is 2.25. The van der Waals surface area contributed by atoms with Crippen LogP contribution in [0.4, 0.5) is 8.78 Å².